The van der Waals surface area contributed by atoms with E-state index >= 15 is 0 Å². The number of aryl methyl sites for hydroxylation is 3. The van der Waals surface area contributed by atoms with E-state index in [0.29, 0.717) is 11.7 Å². The molecule has 3 heterocycles. The van der Waals surface area contributed by atoms with Gasteiger partial charge in [-0.1, -0.05) is 36.0 Å². The van der Waals surface area contributed by atoms with Crippen molar-refractivity contribution in [3.63, 3.8) is 0 Å². The van der Waals surface area contributed by atoms with Crippen LogP contribution in [-0.4, -0.2) is 25.8 Å². The monoisotopic (exact) mass is 528 g/mol. The predicted octanol–water partition coefficient (Wildman–Crippen LogP) is 6.38. The highest BCUT2D eigenvalue weighted by Crippen LogP contribution is 2.35. The Morgan fingerprint density at radius 1 is 1.14 bits per heavy atom. The maximum Gasteiger partial charge on any atom is 0.263 e. The van der Waals surface area contributed by atoms with Crippen LogP contribution in [0.4, 0.5) is 5.69 Å². The van der Waals surface area contributed by atoms with Crippen molar-refractivity contribution in [1.29, 1.82) is 0 Å². The quantitative estimate of drug-likeness (QED) is 0.151. The van der Waals surface area contributed by atoms with Crippen molar-refractivity contribution >= 4 is 66.7 Å². The number of para-hydroxylation sites is 1. The van der Waals surface area contributed by atoms with Gasteiger partial charge in [-0.25, -0.2) is 4.98 Å². The lowest BCUT2D eigenvalue weighted by atomic mass is 9.97. The van der Waals surface area contributed by atoms with Gasteiger partial charge >= 0.3 is 0 Å². The summed E-state index contributed by atoms with van der Waals surface area (Å²) >= 11 is 2.93. The largest absolute Gasteiger partial charge is 0.341 e. The number of hydrogen-bond acceptors (Lipinski definition) is 5. The Morgan fingerprint density at radius 2 is 1.95 bits per heavy atom. The third-order valence-electron chi connectivity index (χ3n) is 7.06. The summed E-state index contributed by atoms with van der Waals surface area (Å²) in [5.41, 5.74) is 4.26. The van der Waals surface area contributed by atoms with Crippen molar-refractivity contribution in [3.05, 3.63) is 75.9 Å². The van der Waals surface area contributed by atoms with Crippen LogP contribution in [-0.2, 0) is 30.7 Å². The minimum atomic E-state index is -0.131. The number of benzene rings is 2. The zero-order valence-corrected chi connectivity index (χ0v) is 22.4. The van der Waals surface area contributed by atoms with Gasteiger partial charge in [-0.05, 0) is 62.4 Å². The van der Waals surface area contributed by atoms with Gasteiger partial charge in [-0.3, -0.25) is 14.2 Å². The number of amides is 1. The second-order valence-corrected chi connectivity index (χ2v) is 11.3. The van der Waals surface area contributed by atoms with Crippen LogP contribution in [0.1, 0.15) is 30.2 Å². The molecule has 0 aliphatic heterocycles. The molecular weight excluding hydrogens is 500 g/mol. The SMILES string of the molecule is C=CCn1c(SCC(=O)Nc2ccc3c(c2)c2ccccc2n3CC)nc2sc3c(c2c1=O)CCCC3. The van der Waals surface area contributed by atoms with Crippen LogP contribution in [0.3, 0.4) is 0 Å². The average molecular weight is 529 g/mol. The zero-order valence-electron chi connectivity index (χ0n) is 20.8. The lowest BCUT2D eigenvalue weighted by molar-refractivity contribution is -0.113. The van der Waals surface area contributed by atoms with Crippen LogP contribution in [0.5, 0.6) is 0 Å². The number of fused-ring (bicyclic) bond motifs is 6. The van der Waals surface area contributed by atoms with E-state index in [4.69, 9.17) is 4.98 Å². The van der Waals surface area contributed by atoms with Crippen LogP contribution >= 0.6 is 23.1 Å². The van der Waals surface area contributed by atoms with Crippen molar-refractivity contribution in [1.82, 2.24) is 14.1 Å². The number of aromatic nitrogens is 3. The molecule has 5 aromatic rings. The number of hydrogen-bond donors (Lipinski definition) is 1. The van der Waals surface area contributed by atoms with E-state index in [9.17, 15) is 9.59 Å². The highest BCUT2D eigenvalue weighted by atomic mass is 32.2. The lowest BCUT2D eigenvalue weighted by Gasteiger charge is -2.12. The normalized spacial score (nSPS) is 13.3. The molecule has 0 saturated carbocycles. The standard InChI is InChI=1S/C29H28N4O2S2/c1-3-15-33-28(35)26-20-10-6-8-12-24(20)37-27(26)31-29(33)36-17-25(34)30-18-13-14-23-21(16-18)19-9-5-7-11-22(19)32(23)4-2/h3,5,7,9,11,13-14,16H,1,4,6,8,10,12,15,17H2,2H3,(H,30,34). The number of rotatable bonds is 7. The first-order valence-corrected chi connectivity index (χ1v) is 14.5. The van der Waals surface area contributed by atoms with Crippen LogP contribution < -0.4 is 10.9 Å². The van der Waals surface area contributed by atoms with Gasteiger partial charge in [0.05, 0.1) is 11.1 Å². The molecule has 0 saturated heterocycles. The fourth-order valence-electron chi connectivity index (χ4n) is 5.42. The van der Waals surface area contributed by atoms with E-state index < -0.39 is 0 Å². The first-order valence-electron chi connectivity index (χ1n) is 12.7. The molecule has 188 valence electrons. The van der Waals surface area contributed by atoms with E-state index in [-0.39, 0.29) is 17.2 Å². The summed E-state index contributed by atoms with van der Waals surface area (Å²) in [6.07, 6.45) is 5.94. The van der Waals surface area contributed by atoms with Gasteiger partial charge in [-0.15, -0.1) is 17.9 Å². The minimum absolute atomic E-state index is 0.0232. The van der Waals surface area contributed by atoms with Gasteiger partial charge < -0.3 is 9.88 Å². The molecule has 8 heteroatoms. The Bertz CT molecular complexity index is 1740. The van der Waals surface area contributed by atoms with Crippen molar-refractivity contribution in [2.24, 2.45) is 0 Å². The Balaban J connectivity index is 1.26. The van der Waals surface area contributed by atoms with E-state index in [2.05, 4.69) is 47.7 Å². The molecule has 0 fully saturated rings. The molecule has 1 N–H and O–H groups in total. The number of carbonyl (C=O) groups is 1. The molecule has 3 aromatic heterocycles. The van der Waals surface area contributed by atoms with Crippen molar-refractivity contribution < 1.29 is 4.79 Å². The summed E-state index contributed by atoms with van der Waals surface area (Å²) in [5, 5.41) is 6.66. The number of carbonyl (C=O) groups excluding carboxylic acids is 1. The van der Waals surface area contributed by atoms with Gasteiger partial charge in [0.25, 0.3) is 5.56 Å². The number of anilines is 1. The van der Waals surface area contributed by atoms with Gasteiger partial charge in [-0.2, -0.15) is 0 Å². The van der Waals surface area contributed by atoms with Crippen LogP contribution in [0, 0.1) is 0 Å². The average Bonchev–Trinajstić information content (AvgIpc) is 3.44. The molecule has 37 heavy (non-hydrogen) atoms. The van der Waals surface area contributed by atoms with Crippen molar-refractivity contribution in [2.45, 2.75) is 50.9 Å². The number of nitrogens with one attached hydrogen (secondary N) is 1. The number of allylic oxidation sites excluding steroid dienone is 1. The van der Waals surface area contributed by atoms with Crippen LogP contribution in [0.25, 0.3) is 32.0 Å². The molecule has 1 aliphatic rings. The Kier molecular flexibility index (Phi) is 6.38. The smallest absolute Gasteiger partial charge is 0.263 e. The van der Waals surface area contributed by atoms with E-state index in [1.54, 1.807) is 22.0 Å². The highest BCUT2D eigenvalue weighted by Gasteiger charge is 2.22. The maximum absolute atomic E-state index is 13.4. The Morgan fingerprint density at radius 3 is 2.78 bits per heavy atom. The van der Waals surface area contributed by atoms with Crippen LogP contribution in [0.2, 0.25) is 0 Å². The minimum Gasteiger partial charge on any atom is -0.341 e. The predicted molar refractivity (Wildman–Crippen MR) is 155 cm³/mol. The number of nitrogens with zero attached hydrogens (tertiary/aromatic N) is 3. The van der Waals surface area contributed by atoms with E-state index in [1.807, 2.05) is 18.2 Å². The van der Waals surface area contributed by atoms with Crippen molar-refractivity contribution in [2.75, 3.05) is 11.1 Å². The van der Waals surface area contributed by atoms with Gasteiger partial charge in [0.2, 0.25) is 5.91 Å². The Hall–Kier alpha value is -3.36. The molecule has 6 nitrogen and oxygen atoms in total. The molecule has 6 rings (SSSR count). The molecule has 0 spiro atoms. The molecule has 0 bridgehead atoms. The second kappa shape index (κ2) is 9.84. The number of thioether (sulfide) groups is 1. The summed E-state index contributed by atoms with van der Waals surface area (Å²) in [7, 11) is 0. The fraction of sp³-hybridized carbons (Fsp3) is 0.276. The molecule has 2 aromatic carbocycles. The molecule has 1 aliphatic carbocycles. The van der Waals surface area contributed by atoms with Gasteiger partial charge in [0.1, 0.15) is 4.83 Å². The van der Waals surface area contributed by atoms with Gasteiger partial charge in [0, 0.05) is 45.5 Å². The van der Waals surface area contributed by atoms with Gasteiger partial charge in [0.15, 0.2) is 5.16 Å². The first kappa shape index (κ1) is 24.0. The lowest BCUT2D eigenvalue weighted by Crippen LogP contribution is -2.24. The summed E-state index contributed by atoms with van der Waals surface area (Å²) in [4.78, 5) is 33.3. The van der Waals surface area contributed by atoms with Crippen LogP contribution in [0.15, 0.2) is 65.1 Å². The molecule has 0 atom stereocenters. The summed E-state index contributed by atoms with van der Waals surface area (Å²) in [5.74, 6) is 0.0307. The first-order chi connectivity index (χ1) is 18.1. The fourth-order valence-corrected chi connectivity index (χ4v) is 7.53. The topological polar surface area (TPSA) is 68.9 Å². The van der Waals surface area contributed by atoms with E-state index in [0.717, 1.165) is 59.0 Å². The van der Waals surface area contributed by atoms with Crippen molar-refractivity contribution in [3.8, 4) is 0 Å². The Labute approximate surface area is 223 Å². The zero-order chi connectivity index (χ0) is 25.5. The second-order valence-electron chi connectivity index (χ2n) is 9.32. The molecule has 0 unspecified atom stereocenters. The highest BCUT2D eigenvalue weighted by molar-refractivity contribution is 7.99. The number of thiophene rings is 1. The summed E-state index contributed by atoms with van der Waals surface area (Å²) in [6.45, 7) is 7.21. The third kappa shape index (κ3) is 4.18. The summed E-state index contributed by atoms with van der Waals surface area (Å²) < 4.78 is 3.94. The summed E-state index contributed by atoms with van der Waals surface area (Å²) in [6, 6.07) is 14.4. The molecular formula is C29H28N4O2S2. The molecule has 1 amide bonds. The van der Waals surface area contributed by atoms with E-state index in [1.165, 1.54) is 33.1 Å². The third-order valence-corrected chi connectivity index (χ3v) is 9.22. The molecule has 0 radical (unpaired) electrons. The maximum atomic E-state index is 13.4.